The Balaban J connectivity index is 1.76. The molecule has 3 aromatic rings. The number of amides is 1. The maximum absolute atomic E-state index is 12.8. The molecule has 0 heterocycles. The number of carbonyl (C=O) groups excluding carboxylic acids is 1. The molecule has 0 bridgehead atoms. The van der Waals surface area contributed by atoms with Crippen molar-refractivity contribution >= 4 is 5.91 Å². The fourth-order valence-corrected chi connectivity index (χ4v) is 2.97. The average Bonchev–Trinajstić information content (AvgIpc) is 2.78. The molecule has 5 nitrogen and oxygen atoms in total. The van der Waals surface area contributed by atoms with Crippen LogP contribution in [0.4, 0.5) is 8.78 Å². The molecule has 0 aliphatic heterocycles. The van der Waals surface area contributed by atoms with Crippen molar-refractivity contribution in [1.82, 2.24) is 5.32 Å². The lowest BCUT2D eigenvalue weighted by Crippen LogP contribution is -2.39. The van der Waals surface area contributed by atoms with Crippen molar-refractivity contribution in [3.05, 3.63) is 95.6 Å². The molecule has 0 fully saturated rings. The van der Waals surface area contributed by atoms with Gasteiger partial charge < -0.3 is 14.8 Å². The van der Waals surface area contributed by atoms with Crippen molar-refractivity contribution in [2.24, 2.45) is 0 Å². The summed E-state index contributed by atoms with van der Waals surface area (Å²) in [6, 6.07) is 23.4. The summed E-state index contributed by atoms with van der Waals surface area (Å²) in [5, 5.41) is 11.8. The van der Waals surface area contributed by atoms with Crippen molar-refractivity contribution in [2.75, 3.05) is 0 Å². The largest absolute Gasteiger partial charge is 0.481 e. The van der Waals surface area contributed by atoms with Gasteiger partial charge in [-0.3, -0.25) is 4.79 Å². The number of benzene rings is 3. The molecule has 0 aliphatic rings. The monoisotopic (exact) mass is 422 g/mol. The zero-order valence-corrected chi connectivity index (χ0v) is 16.7. The molecule has 2 atom stereocenters. The molecule has 1 N–H and O–H groups in total. The van der Waals surface area contributed by atoms with Gasteiger partial charge in [-0.05, 0) is 54.4 Å². The zero-order valence-electron chi connectivity index (χ0n) is 16.7. The molecule has 31 heavy (non-hydrogen) atoms. The molecule has 158 valence electrons. The first-order valence-corrected chi connectivity index (χ1v) is 9.53. The quantitative estimate of drug-likeness (QED) is 0.564. The van der Waals surface area contributed by atoms with Gasteiger partial charge in [-0.15, -0.1) is 0 Å². The summed E-state index contributed by atoms with van der Waals surface area (Å²) in [6.07, 6.45) is -0.805. The van der Waals surface area contributed by atoms with Gasteiger partial charge in [0.25, 0.3) is 5.91 Å². The summed E-state index contributed by atoms with van der Waals surface area (Å²) in [6.45, 7) is -1.29. The summed E-state index contributed by atoms with van der Waals surface area (Å²) >= 11 is 0. The lowest BCUT2D eigenvalue weighted by atomic mass is 9.98. The molecular weight excluding hydrogens is 402 g/mol. The standard InChI is InChI=1S/C24H20F2N2O3/c1-16(30-20-11-7-17(15-27)8-12-20)23(29)28-22(18-5-3-2-4-6-18)19-9-13-21(14-10-19)31-24(25)26/h2-14,16,22,24H,1H3,(H,28,29). The number of rotatable bonds is 8. The maximum atomic E-state index is 12.8. The molecule has 3 aromatic carbocycles. The number of carbonyl (C=O) groups is 1. The van der Waals surface area contributed by atoms with E-state index in [0.717, 1.165) is 5.56 Å². The first-order chi connectivity index (χ1) is 15.0. The first-order valence-electron chi connectivity index (χ1n) is 9.53. The van der Waals surface area contributed by atoms with Crippen LogP contribution in [0.3, 0.4) is 0 Å². The average molecular weight is 422 g/mol. The topological polar surface area (TPSA) is 71.3 Å². The fraction of sp³-hybridized carbons (Fsp3) is 0.167. The molecule has 0 radical (unpaired) electrons. The van der Waals surface area contributed by atoms with E-state index in [2.05, 4.69) is 10.1 Å². The second-order valence-corrected chi connectivity index (χ2v) is 6.70. The Morgan fingerprint density at radius 3 is 2.00 bits per heavy atom. The molecule has 0 spiro atoms. The predicted molar refractivity (Wildman–Crippen MR) is 111 cm³/mol. The number of nitriles is 1. The third kappa shape index (κ3) is 6.03. The van der Waals surface area contributed by atoms with Gasteiger partial charge in [0, 0.05) is 0 Å². The van der Waals surface area contributed by atoms with Crippen LogP contribution in [-0.2, 0) is 4.79 Å². The zero-order chi connectivity index (χ0) is 22.2. The molecule has 0 saturated heterocycles. The summed E-state index contributed by atoms with van der Waals surface area (Å²) in [4.78, 5) is 12.8. The van der Waals surface area contributed by atoms with E-state index >= 15 is 0 Å². The normalized spacial score (nSPS) is 12.5. The second-order valence-electron chi connectivity index (χ2n) is 6.70. The third-order valence-corrected chi connectivity index (χ3v) is 4.52. The smallest absolute Gasteiger partial charge is 0.387 e. The highest BCUT2D eigenvalue weighted by atomic mass is 19.3. The van der Waals surface area contributed by atoms with Crippen molar-refractivity contribution in [2.45, 2.75) is 25.7 Å². The maximum Gasteiger partial charge on any atom is 0.387 e. The minimum Gasteiger partial charge on any atom is -0.481 e. The minimum atomic E-state index is -2.91. The summed E-state index contributed by atoms with van der Waals surface area (Å²) in [5.74, 6) is 0.145. The number of hydrogen-bond donors (Lipinski definition) is 1. The molecule has 1 amide bonds. The van der Waals surface area contributed by atoms with Gasteiger partial charge in [0.2, 0.25) is 0 Å². The SMILES string of the molecule is CC(Oc1ccc(C#N)cc1)C(=O)NC(c1ccccc1)c1ccc(OC(F)F)cc1. The van der Waals surface area contributed by atoms with Crippen molar-refractivity contribution in [3.8, 4) is 17.6 Å². The van der Waals surface area contributed by atoms with E-state index in [9.17, 15) is 13.6 Å². The Morgan fingerprint density at radius 2 is 1.42 bits per heavy atom. The lowest BCUT2D eigenvalue weighted by molar-refractivity contribution is -0.127. The van der Waals surface area contributed by atoms with Crippen LogP contribution in [0.5, 0.6) is 11.5 Å². The first kappa shape index (κ1) is 21.8. The number of alkyl halides is 2. The third-order valence-electron chi connectivity index (χ3n) is 4.52. The minimum absolute atomic E-state index is 0.0365. The van der Waals surface area contributed by atoms with Crippen molar-refractivity contribution in [3.63, 3.8) is 0 Å². The van der Waals surface area contributed by atoms with Crippen molar-refractivity contribution < 1.29 is 23.0 Å². The second kappa shape index (κ2) is 10.2. The van der Waals surface area contributed by atoms with Gasteiger partial charge in [-0.25, -0.2) is 0 Å². The summed E-state index contributed by atoms with van der Waals surface area (Å²) in [5.41, 5.74) is 2.02. The van der Waals surface area contributed by atoms with E-state index in [1.807, 2.05) is 36.4 Å². The fourth-order valence-electron chi connectivity index (χ4n) is 2.97. The molecule has 0 aliphatic carbocycles. The van der Waals surface area contributed by atoms with Crippen LogP contribution in [-0.4, -0.2) is 18.6 Å². The van der Waals surface area contributed by atoms with Gasteiger partial charge in [0.1, 0.15) is 11.5 Å². The van der Waals surface area contributed by atoms with E-state index in [4.69, 9.17) is 10.00 Å². The molecular formula is C24H20F2N2O3. The van der Waals surface area contributed by atoms with Crippen LogP contribution < -0.4 is 14.8 Å². The van der Waals surface area contributed by atoms with E-state index in [1.165, 1.54) is 12.1 Å². The number of nitrogens with zero attached hydrogens (tertiary/aromatic N) is 1. The molecule has 0 aromatic heterocycles. The highest BCUT2D eigenvalue weighted by Crippen LogP contribution is 2.25. The number of halogens is 2. The summed E-state index contributed by atoms with van der Waals surface area (Å²) < 4.78 is 34.9. The molecule has 7 heteroatoms. The Morgan fingerprint density at radius 1 is 0.871 bits per heavy atom. The van der Waals surface area contributed by atoms with Crippen LogP contribution in [0.2, 0.25) is 0 Å². The number of ether oxygens (including phenoxy) is 2. The van der Waals surface area contributed by atoms with Crippen molar-refractivity contribution in [1.29, 1.82) is 5.26 Å². The van der Waals surface area contributed by atoms with Gasteiger partial charge in [0.05, 0.1) is 17.7 Å². The Hall–Kier alpha value is -3.92. The predicted octanol–water partition coefficient (Wildman–Crippen LogP) is 4.83. The van der Waals surface area contributed by atoms with Gasteiger partial charge >= 0.3 is 6.61 Å². The Kier molecular flexibility index (Phi) is 7.17. The van der Waals surface area contributed by atoms with Crippen LogP contribution in [0.1, 0.15) is 29.7 Å². The van der Waals surface area contributed by atoms with Gasteiger partial charge in [0.15, 0.2) is 6.10 Å². The van der Waals surface area contributed by atoms with Crippen LogP contribution in [0, 0.1) is 11.3 Å². The van der Waals surface area contributed by atoms with E-state index in [0.29, 0.717) is 16.9 Å². The lowest BCUT2D eigenvalue weighted by Gasteiger charge is -2.23. The van der Waals surface area contributed by atoms with Gasteiger partial charge in [-0.2, -0.15) is 14.0 Å². The Bertz CT molecular complexity index is 1030. The highest BCUT2D eigenvalue weighted by Gasteiger charge is 2.22. The molecule has 2 unspecified atom stereocenters. The summed E-state index contributed by atoms with van der Waals surface area (Å²) in [7, 11) is 0. The van der Waals surface area contributed by atoms with Crippen LogP contribution in [0.25, 0.3) is 0 Å². The number of hydrogen-bond acceptors (Lipinski definition) is 4. The Labute approximate surface area is 178 Å². The number of nitrogens with one attached hydrogen (secondary N) is 1. The van der Waals surface area contributed by atoms with Crippen LogP contribution in [0.15, 0.2) is 78.9 Å². The van der Waals surface area contributed by atoms with E-state index in [-0.39, 0.29) is 11.7 Å². The highest BCUT2D eigenvalue weighted by molar-refractivity contribution is 5.81. The van der Waals surface area contributed by atoms with Gasteiger partial charge in [-0.1, -0.05) is 42.5 Å². The van der Waals surface area contributed by atoms with E-state index < -0.39 is 18.8 Å². The van der Waals surface area contributed by atoms with Crippen LogP contribution >= 0.6 is 0 Å². The molecule has 0 saturated carbocycles. The van der Waals surface area contributed by atoms with E-state index in [1.54, 1.807) is 43.3 Å². The molecule has 3 rings (SSSR count).